The molecule has 3 rings (SSSR count). The van der Waals surface area contributed by atoms with Crippen LogP contribution in [0.5, 0.6) is 0 Å². The van der Waals surface area contributed by atoms with Crippen LogP contribution in [0.2, 0.25) is 0 Å². The highest BCUT2D eigenvalue weighted by molar-refractivity contribution is 5.53. The Morgan fingerprint density at radius 3 is 2.52 bits per heavy atom. The van der Waals surface area contributed by atoms with E-state index in [1.165, 1.54) is 0 Å². The number of hydrogen-bond donors (Lipinski definition) is 1. The van der Waals surface area contributed by atoms with Gasteiger partial charge in [0, 0.05) is 23.8 Å². The Morgan fingerprint density at radius 1 is 1.00 bits per heavy atom. The molecule has 2 heterocycles. The lowest BCUT2D eigenvalue weighted by Crippen LogP contribution is -2.04. The van der Waals surface area contributed by atoms with Crippen molar-refractivity contribution in [3.05, 3.63) is 71.8 Å². The van der Waals surface area contributed by atoms with Crippen LogP contribution in [-0.4, -0.2) is 14.5 Å². The van der Waals surface area contributed by atoms with Crippen molar-refractivity contribution < 1.29 is 0 Å². The van der Waals surface area contributed by atoms with Gasteiger partial charge in [0.2, 0.25) is 5.95 Å². The number of benzene rings is 1. The summed E-state index contributed by atoms with van der Waals surface area (Å²) >= 11 is 0. The maximum atomic E-state index is 4.55. The van der Waals surface area contributed by atoms with Gasteiger partial charge in [-0.05, 0) is 37.6 Å². The highest BCUT2D eigenvalue weighted by atomic mass is 15.2. The Kier molecular flexibility index (Phi) is 3.69. The summed E-state index contributed by atoms with van der Waals surface area (Å²) in [6.45, 7) is 4.75. The van der Waals surface area contributed by atoms with E-state index in [0.29, 0.717) is 0 Å². The minimum absolute atomic E-state index is 0.753. The molecule has 3 aromatic rings. The average Bonchev–Trinajstić information content (AvgIpc) is 2.82. The van der Waals surface area contributed by atoms with Crippen LogP contribution >= 0.6 is 0 Å². The number of anilines is 2. The summed E-state index contributed by atoms with van der Waals surface area (Å²) in [5.74, 6) is 0.847. The monoisotopic (exact) mass is 278 g/mol. The lowest BCUT2D eigenvalue weighted by molar-refractivity contribution is 0.801. The SMILES string of the molecule is Cc1ccc(Cn2cc(C)nc2Nc2ccccc2)cn1. The van der Waals surface area contributed by atoms with Crippen molar-refractivity contribution in [2.75, 3.05) is 5.32 Å². The molecule has 0 saturated heterocycles. The minimum atomic E-state index is 0.753. The van der Waals surface area contributed by atoms with Gasteiger partial charge in [0.25, 0.3) is 0 Å². The summed E-state index contributed by atoms with van der Waals surface area (Å²) < 4.78 is 2.11. The average molecular weight is 278 g/mol. The van der Waals surface area contributed by atoms with E-state index in [4.69, 9.17) is 0 Å². The number of rotatable bonds is 4. The second-order valence-electron chi connectivity index (χ2n) is 5.13. The van der Waals surface area contributed by atoms with Gasteiger partial charge < -0.3 is 9.88 Å². The normalized spacial score (nSPS) is 10.6. The molecule has 4 nitrogen and oxygen atoms in total. The van der Waals surface area contributed by atoms with Gasteiger partial charge in [0.15, 0.2) is 0 Å². The molecule has 2 aromatic heterocycles. The summed E-state index contributed by atoms with van der Waals surface area (Å²) in [5.41, 5.74) is 4.22. The summed E-state index contributed by atoms with van der Waals surface area (Å²) in [6.07, 6.45) is 3.96. The van der Waals surface area contributed by atoms with Crippen LogP contribution in [0.1, 0.15) is 17.0 Å². The van der Waals surface area contributed by atoms with Crippen LogP contribution in [0.3, 0.4) is 0 Å². The largest absolute Gasteiger partial charge is 0.326 e. The molecule has 106 valence electrons. The van der Waals surface area contributed by atoms with E-state index in [0.717, 1.165) is 35.1 Å². The van der Waals surface area contributed by atoms with E-state index < -0.39 is 0 Å². The van der Waals surface area contributed by atoms with Gasteiger partial charge in [0.1, 0.15) is 0 Å². The standard InChI is InChI=1S/C17H18N4/c1-13-8-9-15(10-18-13)12-21-11-14(2)19-17(21)20-16-6-4-3-5-7-16/h3-11H,12H2,1-2H3,(H,19,20). The Labute approximate surface area is 124 Å². The van der Waals surface area contributed by atoms with Crippen molar-refractivity contribution >= 4 is 11.6 Å². The van der Waals surface area contributed by atoms with Gasteiger partial charge >= 0.3 is 0 Å². The molecule has 0 aliphatic heterocycles. The fourth-order valence-electron chi connectivity index (χ4n) is 2.21. The predicted octanol–water partition coefficient (Wildman–Crippen LogP) is 3.69. The van der Waals surface area contributed by atoms with Crippen LogP contribution in [0, 0.1) is 13.8 Å². The molecule has 1 aromatic carbocycles. The van der Waals surface area contributed by atoms with Gasteiger partial charge in [-0.3, -0.25) is 4.98 Å². The molecule has 0 saturated carbocycles. The smallest absolute Gasteiger partial charge is 0.207 e. The topological polar surface area (TPSA) is 42.7 Å². The van der Waals surface area contributed by atoms with Crippen LogP contribution in [0.4, 0.5) is 11.6 Å². The van der Waals surface area contributed by atoms with Crippen molar-refractivity contribution in [3.8, 4) is 0 Å². The number of hydrogen-bond acceptors (Lipinski definition) is 3. The first-order valence-corrected chi connectivity index (χ1v) is 6.98. The van der Waals surface area contributed by atoms with Crippen molar-refractivity contribution in [1.29, 1.82) is 0 Å². The lowest BCUT2D eigenvalue weighted by atomic mass is 10.2. The molecular formula is C17H18N4. The van der Waals surface area contributed by atoms with Crippen molar-refractivity contribution in [2.24, 2.45) is 0 Å². The third-order valence-electron chi connectivity index (χ3n) is 3.25. The highest BCUT2D eigenvalue weighted by Gasteiger charge is 2.06. The van der Waals surface area contributed by atoms with E-state index >= 15 is 0 Å². The Hall–Kier alpha value is -2.62. The van der Waals surface area contributed by atoms with Gasteiger partial charge in [-0.2, -0.15) is 0 Å². The third-order valence-corrected chi connectivity index (χ3v) is 3.25. The van der Waals surface area contributed by atoms with Gasteiger partial charge in [0.05, 0.1) is 12.2 Å². The van der Waals surface area contributed by atoms with Crippen LogP contribution in [0.15, 0.2) is 54.9 Å². The summed E-state index contributed by atoms with van der Waals surface area (Å²) in [5, 5.41) is 3.36. The van der Waals surface area contributed by atoms with Gasteiger partial charge in [-0.25, -0.2) is 4.98 Å². The molecule has 4 heteroatoms. The zero-order valence-corrected chi connectivity index (χ0v) is 12.2. The first-order chi connectivity index (χ1) is 10.2. The molecule has 0 spiro atoms. The summed E-state index contributed by atoms with van der Waals surface area (Å²) in [4.78, 5) is 8.89. The molecule has 0 aliphatic carbocycles. The number of nitrogens with one attached hydrogen (secondary N) is 1. The maximum absolute atomic E-state index is 4.55. The van der Waals surface area contributed by atoms with Crippen LogP contribution in [0.25, 0.3) is 0 Å². The number of imidazole rings is 1. The molecule has 0 amide bonds. The number of nitrogens with zero attached hydrogens (tertiary/aromatic N) is 3. The number of aromatic nitrogens is 3. The zero-order valence-electron chi connectivity index (χ0n) is 12.2. The maximum Gasteiger partial charge on any atom is 0.207 e. The second-order valence-corrected chi connectivity index (χ2v) is 5.13. The van der Waals surface area contributed by atoms with Crippen molar-refractivity contribution in [3.63, 3.8) is 0 Å². The Balaban J connectivity index is 1.84. The summed E-state index contributed by atoms with van der Waals surface area (Å²) in [7, 11) is 0. The van der Waals surface area contributed by atoms with E-state index in [-0.39, 0.29) is 0 Å². The van der Waals surface area contributed by atoms with Crippen LogP contribution < -0.4 is 5.32 Å². The fraction of sp³-hybridized carbons (Fsp3) is 0.176. The fourth-order valence-corrected chi connectivity index (χ4v) is 2.21. The predicted molar refractivity (Wildman–Crippen MR) is 84.8 cm³/mol. The van der Waals surface area contributed by atoms with Gasteiger partial charge in [-0.1, -0.05) is 24.3 Å². The molecule has 0 unspecified atom stereocenters. The first kappa shape index (κ1) is 13.4. The first-order valence-electron chi connectivity index (χ1n) is 6.98. The number of aryl methyl sites for hydroxylation is 2. The quantitative estimate of drug-likeness (QED) is 0.791. The minimum Gasteiger partial charge on any atom is -0.326 e. The number of pyridine rings is 1. The Bertz CT molecular complexity index is 714. The summed E-state index contributed by atoms with van der Waals surface area (Å²) in [6, 6.07) is 14.2. The second kappa shape index (κ2) is 5.79. The highest BCUT2D eigenvalue weighted by Crippen LogP contribution is 2.17. The lowest BCUT2D eigenvalue weighted by Gasteiger charge is -2.09. The van der Waals surface area contributed by atoms with E-state index in [2.05, 4.69) is 25.9 Å². The third kappa shape index (κ3) is 3.28. The molecular weight excluding hydrogens is 260 g/mol. The van der Waals surface area contributed by atoms with E-state index in [1.807, 2.05) is 62.6 Å². The Morgan fingerprint density at radius 2 is 1.81 bits per heavy atom. The van der Waals surface area contributed by atoms with Crippen molar-refractivity contribution in [2.45, 2.75) is 20.4 Å². The molecule has 1 N–H and O–H groups in total. The molecule has 21 heavy (non-hydrogen) atoms. The molecule has 0 atom stereocenters. The zero-order chi connectivity index (χ0) is 14.7. The molecule has 0 bridgehead atoms. The molecule has 0 radical (unpaired) electrons. The van der Waals surface area contributed by atoms with E-state index in [9.17, 15) is 0 Å². The van der Waals surface area contributed by atoms with Gasteiger partial charge in [-0.15, -0.1) is 0 Å². The molecule has 0 aliphatic rings. The van der Waals surface area contributed by atoms with Crippen molar-refractivity contribution in [1.82, 2.24) is 14.5 Å². The number of para-hydroxylation sites is 1. The van der Waals surface area contributed by atoms with E-state index in [1.54, 1.807) is 0 Å². The molecule has 0 fully saturated rings. The van der Waals surface area contributed by atoms with Crippen LogP contribution in [-0.2, 0) is 6.54 Å².